The highest BCUT2D eigenvalue weighted by molar-refractivity contribution is 7.88. The van der Waals surface area contributed by atoms with Crippen LogP contribution in [0.25, 0.3) is 11.1 Å². The number of nitrogens with one attached hydrogen (secondary N) is 1. The maximum absolute atomic E-state index is 12.8. The molecule has 1 N–H and O–H groups in total. The van der Waals surface area contributed by atoms with E-state index in [-0.39, 0.29) is 23.9 Å². The van der Waals surface area contributed by atoms with Gasteiger partial charge < -0.3 is 9.64 Å². The lowest BCUT2D eigenvalue weighted by atomic mass is 9.96. The van der Waals surface area contributed by atoms with Crippen molar-refractivity contribution in [3.63, 3.8) is 0 Å². The van der Waals surface area contributed by atoms with E-state index in [1.54, 1.807) is 7.11 Å². The van der Waals surface area contributed by atoms with Crippen molar-refractivity contribution in [2.24, 2.45) is 5.92 Å². The first kappa shape index (κ1) is 22.3. The summed E-state index contributed by atoms with van der Waals surface area (Å²) in [5, 5.41) is 0. The van der Waals surface area contributed by atoms with E-state index in [1.165, 1.54) is 6.26 Å². The minimum Gasteiger partial charge on any atom is -0.497 e. The molecule has 2 aromatic rings. The van der Waals surface area contributed by atoms with Gasteiger partial charge in [0.1, 0.15) is 5.75 Å². The number of rotatable bonds is 7. The highest BCUT2D eigenvalue weighted by Gasteiger charge is 2.38. The quantitative estimate of drug-likeness (QED) is 0.732. The molecular formula is C23H30N2O4S. The van der Waals surface area contributed by atoms with Crippen molar-refractivity contribution in [3.8, 4) is 16.9 Å². The standard InChI is InChI=1S/C23H30N2O4S/c1-16(2)23(26)25-12-11-21(24-30(4,27)28)22(25)14-17-7-5-8-18(13-17)19-9-6-10-20(15-19)29-3/h5-10,13,15-16,21-22,24H,11-12,14H2,1-4H3/t21-,22-/m1/s1. The van der Waals surface area contributed by atoms with Crippen LogP contribution in [0.1, 0.15) is 25.8 Å². The van der Waals surface area contributed by atoms with Crippen molar-refractivity contribution in [2.75, 3.05) is 19.9 Å². The van der Waals surface area contributed by atoms with Gasteiger partial charge in [-0.15, -0.1) is 0 Å². The van der Waals surface area contributed by atoms with Crippen LogP contribution >= 0.6 is 0 Å². The number of methoxy groups -OCH3 is 1. The molecule has 1 amide bonds. The second-order valence-corrected chi connectivity index (χ2v) is 9.96. The number of hydrogen-bond donors (Lipinski definition) is 1. The Balaban J connectivity index is 1.89. The van der Waals surface area contributed by atoms with Gasteiger partial charge in [-0.05, 0) is 41.7 Å². The first-order valence-corrected chi connectivity index (χ1v) is 12.1. The minimum atomic E-state index is -3.36. The highest BCUT2D eigenvalue weighted by Crippen LogP contribution is 2.28. The third-order valence-electron chi connectivity index (χ3n) is 5.46. The Morgan fingerprint density at radius 1 is 1.17 bits per heavy atom. The summed E-state index contributed by atoms with van der Waals surface area (Å²) >= 11 is 0. The fourth-order valence-electron chi connectivity index (χ4n) is 4.05. The maximum Gasteiger partial charge on any atom is 0.225 e. The van der Waals surface area contributed by atoms with E-state index in [9.17, 15) is 13.2 Å². The Labute approximate surface area is 179 Å². The van der Waals surface area contributed by atoms with Gasteiger partial charge in [-0.25, -0.2) is 13.1 Å². The highest BCUT2D eigenvalue weighted by atomic mass is 32.2. The molecule has 0 unspecified atom stereocenters. The molecule has 162 valence electrons. The summed E-state index contributed by atoms with van der Waals surface area (Å²) < 4.78 is 31.8. The summed E-state index contributed by atoms with van der Waals surface area (Å²) in [6.07, 6.45) is 2.37. The van der Waals surface area contributed by atoms with Crippen LogP contribution in [0.4, 0.5) is 0 Å². The van der Waals surface area contributed by atoms with Crippen molar-refractivity contribution in [1.82, 2.24) is 9.62 Å². The molecule has 1 heterocycles. The topological polar surface area (TPSA) is 75.7 Å². The zero-order valence-electron chi connectivity index (χ0n) is 18.0. The molecule has 6 nitrogen and oxygen atoms in total. The van der Waals surface area contributed by atoms with E-state index in [0.717, 1.165) is 22.4 Å². The smallest absolute Gasteiger partial charge is 0.225 e. The number of carbonyl (C=O) groups excluding carboxylic acids is 1. The van der Waals surface area contributed by atoms with Crippen molar-refractivity contribution >= 4 is 15.9 Å². The lowest BCUT2D eigenvalue weighted by molar-refractivity contribution is -0.135. The van der Waals surface area contributed by atoms with Crippen LogP contribution in [0.2, 0.25) is 0 Å². The van der Waals surface area contributed by atoms with E-state index in [4.69, 9.17) is 4.74 Å². The summed E-state index contributed by atoms with van der Waals surface area (Å²) in [7, 11) is -1.72. The van der Waals surface area contributed by atoms with Crippen LogP contribution in [-0.4, -0.2) is 51.2 Å². The fourth-order valence-corrected chi connectivity index (χ4v) is 4.87. The molecule has 1 saturated heterocycles. The van der Waals surface area contributed by atoms with Crippen molar-refractivity contribution in [2.45, 2.75) is 38.8 Å². The Bertz CT molecular complexity index is 1000. The van der Waals surface area contributed by atoms with Crippen LogP contribution in [0, 0.1) is 5.92 Å². The van der Waals surface area contributed by atoms with Gasteiger partial charge >= 0.3 is 0 Å². The van der Waals surface area contributed by atoms with Crippen LogP contribution in [-0.2, 0) is 21.2 Å². The van der Waals surface area contributed by atoms with Gasteiger partial charge in [-0.2, -0.15) is 0 Å². The summed E-state index contributed by atoms with van der Waals surface area (Å²) in [5.74, 6) is 0.717. The van der Waals surface area contributed by atoms with Gasteiger partial charge in [0.15, 0.2) is 0 Å². The molecule has 0 saturated carbocycles. The van der Waals surface area contributed by atoms with Crippen molar-refractivity contribution < 1.29 is 17.9 Å². The second-order valence-electron chi connectivity index (χ2n) is 8.18. The minimum absolute atomic E-state index is 0.0572. The molecule has 3 rings (SSSR count). The van der Waals surface area contributed by atoms with Gasteiger partial charge in [0.25, 0.3) is 0 Å². The molecule has 7 heteroatoms. The summed E-state index contributed by atoms with van der Waals surface area (Å²) in [6.45, 7) is 4.31. The van der Waals surface area contributed by atoms with Gasteiger partial charge in [0.2, 0.25) is 15.9 Å². The molecule has 0 aromatic heterocycles. The first-order valence-electron chi connectivity index (χ1n) is 10.2. The molecule has 0 bridgehead atoms. The van der Waals surface area contributed by atoms with Crippen molar-refractivity contribution in [3.05, 3.63) is 54.1 Å². The third-order valence-corrected chi connectivity index (χ3v) is 6.19. The largest absolute Gasteiger partial charge is 0.497 e. The van der Waals surface area contributed by atoms with Crippen LogP contribution in [0.3, 0.4) is 0 Å². The number of likely N-dealkylation sites (tertiary alicyclic amines) is 1. The zero-order valence-corrected chi connectivity index (χ0v) is 18.8. The number of amides is 1. The number of carbonyl (C=O) groups is 1. The number of hydrogen-bond acceptors (Lipinski definition) is 4. The Morgan fingerprint density at radius 3 is 2.47 bits per heavy atom. The van der Waals surface area contributed by atoms with Crippen molar-refractivity contribution in [1.29, 1.82) is 0 Å². The van der Waals surface area contributed by atoms with Gasteiger partial charge in [0.05, 0.1) is 19.4 Å². The fraction of sp³-hybridized carbons (Fsp3) is 0.435. The molecule has 30 heavy (non-hydrogen) atoms. The molecule has 2 aromatic carbocycles. The number of sulfonamides is 1. The number of ether oxygens (including phenoxy) is 1. The second kappa shape index (κ2) is 9.18. The van der Waals surface area contributed by atoms with E-state index in [0.29, 0.717) is 19.4 Å². The first-order chi connectivity index (χ1) is 14.2. The van der Waals surface area contributed by atoms with Gasteiger partial charge in [-0.1, -0.05) is 50.2 Å². The molecular weight excluding hydrogens is 400 g/mol. The Hall–Kier alpha value is -2.38. The molecule has 1 aliphatic heterocycles. The monoisotopic (exact) mass is 430 g/mol. The molecule has 0 radical (unpaired) electrons. The van der Waals surface area contributed by atoms with Crippen LogP contribution in [0.5, 0.6) is 5.75 Å². The van der Waals surface area contributed by atoms with E-state index in [1.807, 2.05) is 61.2 Å². The van der Waals surface area contributed by atoms with E-state index in [2.05, 4.69) is 10.8 Å². The molecule has 0 aliphatic carbocycles. The molecule has 2 atom stereocenters. The lowest BCUT2D eigenvalue weighted by Gasteiger charge is -2.30. The predicted molar refractivity (Wildman–Crippen MR) is 119 cm³/mol. The zero-order chi connectivity index (χ0) is 21.9. The number of benzene rings is 2. The molecule has 1 fully saturated rings. The van der Waals surface area contributed by atoms with Gasteiger partial charge in [0, 0.05) is 18.5 Å². The van der Waals surface area contributed by atoms with Crippen LogP contribution in [0.15, 0.2) is 48.5 Å². The predicted octanol–water partition coefficient (Wildman–Crippen LogP) is 3.08. The average molecular weight is 431 g/mol. The molecule has 0 spiro atoms. The normalized spacial score (nSPS) is 19.3. The summed E-state index contributed by atoms with van der Waals surface area (Å²) in [5.41, 5.74) is 3.16. The summed E-state index contributed by atoms with van der Waals surface area (Å²) in [4.78, 5) is 14.6. The molecule has 1 aliphatic rings. The Morgan fingerprint density at radius 2 is 1.83 bits per heavy atom. The maximum atomic E-state index is 12.8. The number of nitrogens with zero attached hydrogens (tertiary/aromatic N) is 1. The Kier molecular flexibility index (Phi) is 6.83. The average Bonchev–Trinajstić information content (AvgIpc) is 3.08. The third kappa shape index (κ3) is 5.40. The lowest BCUT2D eigenvalue weighted by Crippen LogP contribution is -2.48. The van der Waals surface area contributed by atoms with E-state index >= 15 is 0 Å². The van der Waals surface area contributed by atoms with E-state index < -0.39 is 10.0 Å². The summed E-state index contributed by atoms with van der Waals surface area (Å²) in [6, 6.07) is 15.5. The van der Waals surface area contributed by atoms with Gasteiger partial charge in [-0.3, -0.25) is 4.79 Å². The van der Waals surface area contributed by atoms with Crippen LogP contribution < -0.4 is 9.46 Å². The SMILES string of the molecule is COc1cccc(-c2cccc(C[C@@H]3[C@H](NS(C)(=O)=O)CCN3C(=O)C(C)C)c2)c1.